The topological polar surface area (TPSA) is 33.4 Å². The van der Waals surface area contributed by atoms with Gasteiger partial charge in [0.2, 0.25) is 0 Å². The largest absolute Gasteiger partial charge is 0.456 e. The molecule has 3 aromatic rings. The van der Waals surface area contributed by atoms with Crippen LogP contribution in [0.4, 0.5) is 4.39 Å². The Morgan fingerprint density at radius 1 is 1.20 bits per heavy atom. The van der Waals surface area contributed by atoms with Gasteiger partial charge in [0.05, 0.1) is 9.50 Å². The van der Waals surface area contributed by atoms with Crippen molar-refractivity contribution < 1.29 is 13.9 Å². The van der Waals surface area contributed by atoms with Gasteiger partial charge in [-0.25, -0.2) is 4.39 Å². The van der Waals surface area contributed by atoms with E-state index in [0.717, 1.165) is 5.39 Å². The lowest BCUT2D eigenvalue weighted by Crippen LogP contribution is -1.98. The zero-order valence-electron chi connectivity index (χ0n) is 10.1. The molecular weight excluding hydrogens is 347 g/mol. The number of para-hydroxylation sites is 1. The van der Waals surface area contributed by atoms with E-state index in [1.54, 1.807) is 30.3 Å². The smallest absolute Gasteiger partial charge is 0.153 e. The SMILES string of the molecule is OC(c1ccc(Br)c(F)c1)c1cc2cccc(Cl)c2o1. The maximum Gasteiger partial charge on any atom is 0.153 e. The van der Waals surface area contributed by atoms with Gasteiger partial charge >= 0.3 is 0 Å². The lowest BCUT2D eigenvalue weighted by Gasteiger charge is -2.08. The second-order valence-corrected chi connectivity index (χ2v) is 5.64. The third-order valence-electron chi connectivity index (χ3n) is 3.04. The average Bonchev–Trinajstić information content (AvgIpc) is 2.86. The predicted octanol–water partition coefficient (Wildman–Crippen LogP) is 5.07. The second-order valence-electron chi connectivity index (χ2n) is 4.38. The number of furan rings is 1. The van der Waals surface area contributed by atoms with Crippen LogP contribution in [0.5, 0.6) is 0 Å². The third kappa shape index (κ3) is 2.35. The van der Waals surface area contributed by atoms with E-state index in [2.05, 4.69) is 15.9 Å². The van der Waals surface area contributed by atoms with Crippen molar-refractivity contribution in [3.63, 3.8) is 0 Å². The number of benzene rings is 2. The first-order valence-corrected chi connectivity index (χ1v) is 7.04. The summed E-state index contributed by atoms with van der Waals surface area (Å²) in [5, 5.41) is 11.6. The molecule has 0 radical (unpaired) electrons. The Morgan fingerprint density at radius 2 is 2.00 bits per heavy atom. The van der Waals surface area contributed by atoms with Crippen molar-refractivity contribution in [3.8, 4) is 0 Å². The molecule has 2 nitrogen and oxygen atoms in total. The first kappa shape index (κ1) is 13.6. The molecule has 0 aliphatic carbocycles. The zero-order chi connectivity index (χ0) is 14.3. The van der Waals surface area contributed by atoms with Gasteiger partial charge in [-0.1, -0.05) is 29.8 Å². The summed E-state index contributed by atoms with van der Waals surface area (Å²) in [6.07, 6.45) is -1.04. The summed E-state index contributed by atoms with van der Waals surface area (Å²) < 4.78 is 19.4. The van der Waals surface area contributed by atoms with Crippen molar-refractivity contribution in [2.75, 3.05) is 0 Å². The van der Waals surface area contributed by atoms with Crippen LogP contribution in [0.15, 0.2) is 51.4 Å². The van der Waals surface area contributed by atoms with Crippen LogP contribution in [0, 0.1) is 5.82 Å². The number of halogens is 3. The van der Waals surface area contributed by atoms with Crippen molar-refractivity contribution in [3.05, 3.63) is 69.1 Å². The lowest BCUT2D eigenvalue weighted by molar-refractivity contribution is 0.192. The molecule has 0 fully saturated rings. The van der Waals surface area contributed by atoms with Crippen molar-refractivity contribution >= 4 is 38.5 Å². The number of aliphatic hydroxyl groups excluding tert-OH is 1. The Bertz CT molecular complexity index is 785. The van der Waals surface area contributed by atoms with E-state index in [4.69, 9.17) is 16.0 Å². The summed E-state index contributed by atoms with van der Waals surface area (Å²) in [5.74, 6) is -0.106. The summed E-state index contributed by atoms with van der Waals surface area (Å²) in [5.41, 5.74) is 0.932. The number of hydrogen-bond donors (Lipinski definition) is 1. The number of hydrogen-bond acceptors (Lipinski definition) is 2. The third-order valence-corrected chi connectivity index (χ3v) is 3.98. The highest BCUT2D eigenvalue weighted by Crippen LogP contribution is 2.32. The first-order valence-electron chi connectivity index (χ1n) is 5.87. The zero-order valence-corrected chi connectivity index (χ0v) is 12.5. The summed E-state index contributed by atoms with van der Waals surface area (Å²) in [6, 6.07) is 11.5. The molecule has 5 heteroatoms. The van der Waals surface area contributed by atoms with E-state index in [9.17, 15) is 9.50 Å². The van der Waals surface area contributed by atoms with Gasteiger partial charge in [-0.05, 0) is 45.8 Å². The van der Waals surface area contributed by atoms with Gasteiger partial charge in [-0.15, -0.1) is 0 Å². The van der Waals surface area contributed by atoms with Crippen molar-refractivity contribution in [1.29, 1.82) is 0 Å². The van der Waals surface area contributed by atoms with Gasteiger partial charge in [-0.3, -0.25) is 0 Å². The molecule has 0 bridgehead atoms. The van der Waals surface area contributed by atoms with Crippen LogP contribution in [0.2, 0.25) is 5.02 Å². The molecule has 2 aromatic carbocycles. The van der Waals surface area contributed by atoms with E-state index < -0.39 is 11.9 Å². The van der Waals surface area contributed by atoms with E-state index in [0.29, 0.717) is 26.4 Å². The van der Waals surface area contributed by atoms with Crippen molar-refractivity contribution in [1.82, 2.24) is 0 Å². The van der Waals surface area contributed by atoms with Crippen LogP contribution in [-0.2, 0) is 0 Å². The molecule has 0 spiro atoms. The molecule has 3 rings (SSSR count). The van der Waals surface area contributed by atoms with Crippen LogP contribution in [0.25, 0.3) is 11.0 Å². The van der Waals surface area contributed by atoms with Crippen LogP contribution >= 0.6 is 27.5 Å². The average molecular weight is 356 g/mol. The molecule has 0 amide bonds. The van der Waals surface area contributed by atoms with Crippen molar-refractivity contribution in [2.45, 2.75) is 6.10 Å². The maximum atomic E-state index is 13.5. The molecule has 1 aromatic heterocycles. The Kier molecular flexibility index (Phi) is 3.54. The molecule has 1 heterocycles. The van der Waals surface area contributed by atoms with Gasteiger partial charge in [0, 0.05) is 5.39 Å². The normalized spacial score (nSPS) is 12.8. The maximum absolute atomic E-state index is 13.5. The highest BCUT2D eigenvalue weighted by atomic mass is 79.9. The molecule has 102 valence electrons. The molecule has 1 atom stereocenters. The van der Waals surface area contributed by atoms with E-state index in [-0.39, 0.29) is 0 Å². The van der Waals surface area contributed by atoms with Crippen LogP contribution in [0.1, 0.15) is 17.4 Å². The molecule has 0 saturated carbocycles. The summed E-state index contributed by atoms with van der Waals surface area (Å²) in [4.78, 5) is 0. The monoisotopic (exact) mass is 354 g/mol. The van der Waals surface area contributed by atoms with Crippen LogP contribution in [0.3, 0.4) is 0 Å². The number of rotatable bonds is 2. The number of fused-ring (bicyclic) bond motifs is 1. The quantitative estimate of drug-likeness (QED) is 0.696. The molecular formula is C15H9BrClFO2. The Labute approximate surface area is 127 Å². The minimum atomic E-state index is -1.04. The minimum Gasteiger partial charge on any atom is -0.456 e. The van der Waals surface area contributed by atoms with Gasteiger partial charge in [0.25, 0.3) is 0 Å². The van der Waals surface area contributed by atoms with Crippen molar-refractivity contribution in [2.24, 2.45) is 0 Å². The van der Waals surface area contributed by atoms with E-state index in [1.807, 2.05) is 6.07 Å². The highest BCUT2D eigenvalue weighted by molar-refractivity contribution is 9.10. The molecule has 0 aliphatic rings. The highest BCUT2D eigenvalue weighted by Gasteiger charge is 2.17. The van der Waals surface area contributed by atoms with Gasteiger partial charge in [0.1, 0.15) is 17.7 Å². The first-order chi connectivity index (χ1) is 9.56. The fourth-order valence-corrected chi connectivity index (χ4v) is 2.50. The summed E-state index contributed by atoms with van der Waals surface area (Å²) in [7, 11) is 0. The summed E-state index contributed by atoms with van der Waals surface area (Å²) in [6.45, 7) is 0. The fourth-order valence-electron chi connectivity index (χ4n) is 2.03. The minimum absolute atomic E-state index is 0.329. The molecule has 1 N–H and O–H groups in total. The second kappa shape index (κ2) is 5.20. The van der Waals surface area contributed by atoms with E-state index in [1.165, 1.54) is 6.07 Å². The molecule has 1 unspecified atom stereocenters. The van der Waals surface area contributed by atoms with Crippen LogP contribution < -0.4 is 0 Å². The molecule has 0 saturated heterocycles. The lowest BCUT2D eigenvalue weighted by atomic mass is 10.1. The van der Waals surface area contributed by atoms with Crippen LogP contribution in [-0.4, -0.2) is 5.11 Å². The molecule has 0 aliphatic heterocycles. The van der Waals surface area contributed by atoms with Gasteiger partial charge < -0.3 is 9.52 Å². The Morgan fingerprint density at radius 3 is 2.70 bits per heavy atom. The Hall–Kier alpha value is -1.36. The van der Waals surface area contributed by atoms with E-state index >= 15 is 0 Å². The fraction of sp³-hybridized carbons (Fsp3) is 0.0667. The van der Waals surface area contributed by atoms with Gasteiger partial charge in [0.15, 0.2) is 5.58 Å². The standard InChI is InChI=1S/C15H9BrClFO2/c16-10-5-4-8(6-12(10)18)14(19)13-7-9-2-1-3-11(17)15(9)20-13/h1-7,14,19H. The Balaban J connectivity index is 2.05. The molecule has 20 heavy (non-hydrogen) atoms. The predicted molar refractivity (Wildman–Crippen MR) is 79.4 cm³/mol. The number of aliphatic hydroxyl groups is 1. The van der Waals surface area contributed by atoms with Gasteiger partial charge in [-0.2, -0.15) is 0 Å². The summed E-state index contributed by atoms with van der Waals surface area (Å²) >= 11 is 9.10.